The minimum Gasteiger partial charge on any atom is -0.468 e. The van der Waals surface area contributed by atoms with Crippen LogP contribution in [0.1, 0.15) is 18.6 Å². The second kappa shape index (κ2) is 6.41. The first-order valence-corrected chi connectivity index (χ1v) is 8.49. The summed E-state index contributed by atoms with van der Waals surface area (Å²) in [7, 11) is -1.27. The summed E-state index contributed by atoms with van der Waals surface area (Å²) in [5.74, 6) is 1.08. The van der Waals surface area contributed by atoms with Crippen LogP contribution < -0.4 is 5.32 Å². The van der Waals surface area contributed by atoms with E-state index in [4.69, 9.17) is 4.42 Å². The number of nitrogens with one attached hydrogen (secondary N) is 1. The molecule has 0 spiro atoms. The molecule has 1 saturated heterocycles. The number of sulfone groups is 1. The Hall–Kier alpha value is -1.34. The molecule has 112 valence electrons. The maximum Gasteiger partial charge on any atom is 0.223 e. The SMILES string of the molecule is CN(C(=O)CCNCc1ccco1)C1CCS(=O)(=O)C1. The van der Waals surface area contributed by atoms with E-state index in [-0.39, 0.29) is 23.5 Å². The van der Waals surface area contributed by atoms with Crippen LogP contribution in [0.3, 0.4) is 0 Å². The van der Waals surface area contributed by atoms with E-state index in [1.165, 1.54) is 0 Å². The highest BCUT2D eigenvalue weighted by Gasteiger charge is 2.32. The summed E-state index contributed by atoms with van der Waals surface area (Å²) in [6.45, 7) is 1.13. The zero-order valence-electron chi connectivity index (χ0n) is 11.5. The molecular formula is C13H20N2O4S. The van der Waals surface area contributed by atoms with Crippen molar-refractivity contribution in [3.63, 3.8) is 0 Å². The maximum absolute atomic E-state index is 12.0. The number of carbonyl (C=O) groups excluding carboxylic acids is 1. The Labute approximate surface area is 119 Å². The van der Waals surface area contributed by atoms with E-state index >= 15 is 0 Å². The molecule has 1 aromatic heterocycles. The molecule has 1 N–H and O–H groups in total. The fourth-order valence-corrected chi connectivity index (χ4v) is 4.06. The number of furan rings is 1. The zero-order chi connectivity index (χ0) is 14.6. The van der Waals surface area contributed by atoms with E-state index in [1.807, 2.05) is 12.1 Å². The Morgan fingerprint density at radius 1 is 1.55 bits per heavy atom. The van der Waals surface area contributed by atoms with Crippen LogP contribution in [0.15, 0.2) is 22.8 Å². The van der Waals surface area contributed by atoms with Crippen molar-refractivity contribution in [3.05, 3.63) is 24.2 Å². The first-order chi connectivity index (χ1) is 9.48. The average molecular weight is 300 g/mol. The molecule has 7 heteroatoms. The molecule has 20 heavy (non-hydrogen) atoms. The van der Waals surface area contributed by atoms with Crippen molar-refractivity contribution in [2.75, 3.05) is 25.1 Å². The minimum absolute atomic E-state index is 0.0287. The first kappa shape index (κ1) is 15.1. The topological polar surface area (TPSA) is 79.6 Å². The highest BCUT2D eigenvalue weighted by Crippen LogP contribution is 2.16. The molecule has 1 atom stereocenters. The number of carbonyl (C=O) groups is 1. The molecule has 1 aliphatic rings. The van der Waals surface area contributed by atoms with E-state index in [2.05, 4.69) is 5.32 Å². The van der Waals surface area contributed by atoms with Gasteiger partial charge in [-0.05, 0) is 18.6 Å². The average Bonchev–Trinajstić information content (AvgIpc) is 3.02. The van der Waals surface area contributed by atoms with Crippen LogP contribution in [0.4, 0.5) is 0 Å². The number of hydrogen-bond acceptors (Lipinski definition) is 5. The van der Waals surface area contributed by atoms with Crippen LogP contribution in [-0.2, 0) is 21.2 Å². The third kappa shape index (κ3) is 4.08. The van der Waals surface area contributed by atoms with Crippen molar-refractivity contribution in [2.24, 2.45) is 0 Å². The van der Waals surface area contributed by atoms with Gasteiger partial charge < -0.3 is 14.6 Å². The second-order valence-corrected chi connectivity index (χ2v) is 7.30. The number of hydrogen-bond donors (Lipinski definition) is 1. The standard InChI is InChI=1S/C13H20N2O4S/c1-15(11-5-8-20(17,18)10-11)13(16)4-6-14-9-12-3-2-7-19-12/h2-3,7,11,14H,4-6,8-10H2,1H3. The predicted octanol–water partition coefficient (Wildman–Crippen LogP) is 0.405. The fraction of sp³-hybridized carbons (Fsp3) is 0.615. The van der Waals surface area contributed by atoms with Gasteiger partial charge >= 0.3 is 0 Å². The Balaban J connectivity index is 1.69. The van der Waals surface area contributed by atoms with Gasteiger partial charge in [0.25, 0.3) is 0 Å². The van der Waals surface area contributed by atoms with Gasteiger partial charge in [-0.1, -0.05) is 0 Å². The van der Waals surface area contributed by atoms with Crippen LogP contribution in [-0.4, -0.2) is 50.4 Å². The van der Waals surface area contributed by atoms with Gasteiger partial charge in [-0.2, -0.15) is 0 Å². The zero-order valence-corrected chi connectivity index (χ0v) is 12.4. The largest absolute Gasteiger partial charge is 0.468 e. The Kier molecular flexibility index (Phi) is 4.82. The molecule has 2 heterocycles. The Morgan fingerprint density at radius 3 is 2.95 bits per heavy atom. The Morgan fingerprint density at radius 2 is 2.35 bits per heavy atom. The normalized spacial score (nSPS) is 20.9. The highest BCUT2D eigenvalue weighted by atomic mass is 32.2. The fourth-order valence-electron chi connectivity index (χ4n) is 2.28. The molecule has 0 saturated carbocycles. The van der Waals surface area contributed by atoms with E-state index in [1.54, 1.807) is 18.2 Å². The summed E-state index contributed by atoms with van der Waals surface area (Å²) in [4.78, 5) is 13.5. The third-order valence-electron chi connectivity index (χ3n) is 3.54. The molecule has 2 rings (SSSR count). The molecule has 0 aliphatic carbocycles. The van der Waals surface area contributed by atoms with Crippen molar-refractivity contribution in [3.8, 4) is 0 Å². The van der Waals surface area contributed by atoms with Crippen molar-refractivity contribution in [1.82, 2.24) is 10.2 Å². The van der Waals surface area contributed by atoms with Crippen LogP contribution in [0, 0.1) is 0 Å². The summed E-state index contributed by atoms with van der Waals surface area (Å²) in [6.07, 6.45) is 2.51. The molecule has 0 radical (unpaired) electrons. The molecule has 1 unspecified atom stereocenters. The van der Waals surface area contributed by atoms with Crippen LogP contribution in [0.2, 0.25) is 0 Å². The lowest BCUT2D eigenvalue weighted by Gasteiger charge is -2.23. The summed E-state index contributed by atoms with van der Waals surface area (Å²) in [5, 5.41) is 3.12. The molecule has 6 nitrogen and oxygen atoms in total. The van der Waals surface area contributed by atoms with Gasteiger partial charge in [0.05, 0.1) is 24.3 Å². The van der Waals surface area contributed by atoms with Crippen LogP contribution >= 0.6 is 0 Å². The number of nitrogens with zero attached hydrogens (tertiary/aromatic N) is 1. The van der Waals surface area contributed by atoms with Gasteiger partial charge in [0.2, 0.25) is 5.91 Å². The highest BCUT2D eigenvalue weighted by molar-refractivity contribution is 7.91. The quantitative estimate of drug-likeness (QED) is 0.770. The molecule has 1 fully saturated rings. The van der Waals surface area contributed by atoms with Gasteiger partial charge in [0.1, 0.15) is 5.76 Å². The lowest BCUT2D eigenvalue weighted by molar-refractivity contribution is -0.131. The molecule has 0 aromatic carbocycles. The van der Waals surface area contributed by atoms with E-state index in [9.17, 15) is 13.2 Å². The van der Waals surface area contributed by atoms with Gasteiger partial charge in [0, 0.05) is 26.1 Å². The lowest BCUT2D eigenvalue weighted by Crippen LogP contribution is -2.39. The van der Waals surface area contributed by atoms with Crippen molar-refractivity contribution in [2.45, 2.75) is 25.4 Å². The summed E-state index contributed by atoms with van der Waals surface area (Å²) in [6, 6.07) is 3.51. The first-order valence-electron chi connectivity index (χ1n) is 6.67. The monoisotopic (exact) mass is 300 g/mol. The van der Waals surface area contributed by atoms with Crippen molar-refractivity contribution < 1.29 is 17.6 Å². The molecule has 1 amide bonds. The van der Waals surface area contributed by atoms with Gasteiger partial charge in [-0.25, -0.2) is 8.42 Å². The van der Waals surface area contributed by atoms with E-state index < -0.39 is 9.84 Å². The van der Waals surface area contributed by atoms with E-state index in [0.717, 1.165) is 5.76 Å². The van der Waals surface area contributed by atoms with Crippen LogP contribution in [0.25, 0.3) is 0 Å². The lowest BCUT2D eigenvalue weighted by atomic mass is 10.2. The predicted molar refractivity (Wildman–Crippen MR) is 74.9 cm³/mol. The van der Waals surface area contributed by atoms with E-state index in [0.29, 0.717) is 25.9 Å². The van der Waals surface area contributed by atoms with Gasteiger partial charge in [-0.3, -0.25) is 4.79 Å². The molecule has 1 aromatic rings. The second-order valence-electron chi connectivity index (χ2n) is 5.07. The molecular weight excluding hydrogens is 280 g/mol. The summed E-state index contributed by atoms with van der Waals surface area (Å²) >= 11 is 0. The Bertz CT molecular complexity index is 539. The summed E-state index contributed by atoms with van der Waals surface area (Å²) < 4.78 is 28.0. The smallest absolute Gasteiger partial charge is 0.223 e. The van der Waals surface area contributed by atoms with Crippen molar-refractivity contribution >= 4 is 15.7 Å². The molecule has 1 aliphatic heterocycles. The van der Waals surface area contributed by atoms with Crippen molar-refractivity contribution in [1.29, 1.82) is 0 Å². The van der Waals surface area contributed by atoms with Gasteiger partial charge in [-0.15, -0.1) is 0 Å². The number of amides is 1. The summed E-state index contributed by atoms with van der Waals surface area (Å²) in [5.41, 5.74) is 0. The van der Waals surface area contributed by atoms with Gasteiger partial charge in [0.15, 0.2) is 9.84 Å². The third-order valence-corrected chi connectivity index (χ3v) is 5.29. The minimum atomic E-state index is -2.95. The van der Waals surface area contributed by atoms with Crippen LogP contribution in [0.5, 0.6) is 0 Å². The molecule has 0 bridgehead atoms. The maximum atomic E-state index is 12.0. The number of rotatable bonds is 6.